The number of fused-ring (bicyclic) bond motifs is 22. The van der Waals surface area contributed by atoms with Crippen molar-refractivity contribution in [3.05, 3.63) is 279 Å². The van der Waals surface area contributed by atoms with Crippen molar-refractivity contribution < 1.29 is 4.42 Å². The second-order valence-corrected chi connectivity index (χ2v) is 27.4. The Hall–Kier alpha value is -8.98. The predicted octanol–water partition coefficient (Wildman–Crippen LogP) is 21.9. The summed E-state index contributed by atoms with van der Waals surface area (Å²) in [4.78, 5) is 2.54. The van der Waals surface area contributed by atoms with Crippen LogP contribution in [0.1, 0.15) is 135 Å². The molecule has 0 radical (unpaired) electrons. The normalized spacial score (nSPS) is 16.3. The third-order valence-corrected chi connectivity index (χ3v) is 20.8. The fourth-order valence-corrected chi connectivity index (χ4v) is 16.7. The lowest BCUT2D eigenvalue weighted by Crippen LogP contribution is -2.24. The molecule has 1 unspecified atom stereocenters. The maximum atomic E-state index is 7.06. The average Bonchev–Trinajstić information content (AvgIpc) is 1.89. The Morgan fingerprint density at radius 2 is 1.01 bits per heavy atom. The van der Waals surface area contributed by atoms with E-state index in [-0.39, 0.29) is 27.6 Å². The van der Waals surface area contributed by atoms with Gasteiger partial charge in [-0.1, -0.05) is 226 Å². The van der Waals surface area contributed by atoms with Crippen molar-refractivity contribution in [1.29, 1.82) is 0 Å². The van der Waals surface area contributed by atoms with Crippen LogP contribution in [0.4, 0.5) is 17.1 Å². The van der Waals surface area contributed by atoms with Gasteiger partial charge in [0.25, 0.3) is 0 Å². The molecule has 0 bridgehead atoms. The number of anilines is 3. The van der Waals surface area contributed by atoms with E-state index < -0.39 is 0 Å². The first-order valence-electron chi connectivity index (χ1n) is 30.5. The highest BCUT2D eigenvalue weighted by Crippen LogP contribution is 2.65. The molecular weight excluding hydrogens is 1010 g/mol. The van der Waals surface area contributed by atoms with Crippen LogP contribution in [0.25, 0.3) is 88.7 Å². The van der Waals surface area contributed by atoms with Crippen molar-refractivity contribution in [2.45, 2.75) is 103 Å². The molecule has 12 aromatic rings. The fraction of sp³-hybridized carbons (Fsp3) is 0.195. The number of furan rings is 1. The van der Waals surface area contributed by atoms with Crippen LogP contribution < -0.4 is 4.90 Å². The van der Waals surface area contributed by atoms with Crippen molar-refractivity contribution in [2.24, 2.45) is 0 Å². The van der Waals surface area contributed by atoms with Crippen LogP contribution in [-0.4, -0.2) is 0 Å². The SMILES string of the molecule is CC(C)(C)c1ccc(N(c2ccc3c(c2)C(C)(C)c2cc(-c4cccc5c4-c4ccccc4C5Cc4ccccc4)c4c(c2-3)-c2ccccc2C4)c2ccc3c(c2)C(C)(C)c2c4c(c5oc6ccccc6c5c2-3)-c2ccccc2C4(C)C)cc1. The van der Waals surface area contributed by atoms with Crippen molar-refractivity contribution in [3.8, 4) is 66.8 Å². The number of hydrogen-bond acceptors (Lipinski definition) is 2. The van der Waals surface area contributed by atoms with Gasteiger partial charge < -0.3 is 9.32 Å². The number of hydrogen-bond donors (Lipinski definition) is 0. The molecule has 0 saturated carbocycles. The zero-order valence-electron chi connectivity index (χ0n) is 49.6. The van der Waals surface area contributed by atoms with Crippen LogP contribution in [0.5, 0.6) is 0 Å². The molecular formula is C82H67NO. The highest BCUT2D eigenvalue weighted by atomic mass is 16.3. The lowest BCUT2D eigenvalue weighted by molar-refractivity contribution is 0.590. The quantitative estimate of drug-likeness (QED) is 0.165. The average molecular weight is 1080 g/mol. The molecule has 406 valence electrons. The van der Waals surface area contributed by atoms with E-state index in [1.54, 1.807) is 0 Å². The molecule has 0 spiro atoms. The third kappa shape index (κ3) is 6.63. The monoisotopic (exact) mass is 1080 g/mol. The lowest BCUT2D eigenvalue weighted by atomic mass is 9.72. The van der Waals surface area contributed by atoms with Crippen LogP contribution in [-0.2, 0) is 34.5 Å². The van der Waals surface area contributed by atoms with Crippen LogP contribution in [0, 0.1) is 0 Å². The summed E-state index contributed by atoms with van der Waals surface area (Å²) in [6.07, 6.45) is 1.89. The summed E-state index contributed by atoms with van der Waals surface area (Å²) in [5.74, 6) is 0.288. The molecule has 5 aliphatic carbocycles. The summed E-state index contributed by atoms with van der Waals surface area (Å²) >= 11 is 0. The molecule has 1 heterocycles. The molecule has 5 aliphatic rings. The molecule has 84 heavy (non-hydrogen) atoms. The lowest BCUT2D eigenvalue weighted by Gasteiger charge is -2.32. The summed E-state index contributed by atoms with van der Waals surface area (Å²) in [6.45, 7) is 21.7. The maximum absolute atomic E-state index is 7.06. The number of nitrogens with zero attached hydrogens (tertiary/aromatic N) is 1. The van der Waals surface area contributed by atoms with Gasteiger partial charge >= 0.3 is 0 Å². The zero-order chi connectivity index (χ0) is 56.9. The zero-order valence-corrected chi connectivity index (χ0v) is 49.6. The standard InChI is InChI=1S/C82H67NO/c1-79(2,3)49-34-36-50(37-35-49)83(52-39-41-60-67(45-52)82(8,9)76-73(60)74-61-29-18-20-33-69(61)84-78(74)75-58-28-17-19-32-65(58)81(6,7)77(75)76)51-38-40-59-66(44-51)80(4,5)68-46-63(64-43-48-24-13-14-25-53(48)71(64)72(59)68)57-31-21-30-56-62(42-47-22-11-10-12-23-47)54-26-15-16-27-55(54)70(56)57/h10-41,44-46,62H,42-43H2,1-9H3. The fourth-order valence-electron chi connectivity index (χ4n) is 16.7. The third-order valence-electron chi connectivity index (χ3n) is 20.8. The molecule has 0 saturated heterocycles. The van der Waals surface area contributed by atoms with Crippen molar-refractivity contribution in [3.63, 3.8) is 0 Å². The van der Waals surface area contributed by atoms with E-state index in [0.717, 1.165) is 41.1 Å². The molecule has 0 aliphatic heterocycles. The summed E-state index contributed by atoms with van der Waals surface area (Å²) in [5, 5.41) is 2.41. The second-order valence-electron chi connectivity index (χ2n) is 27.4. The Balaban J connectivity index is 0.850. The van der Waals surface area contributed by atoms with E-state index in [9.17, 15) is 0 Å². The molecule has 0 fully saturated rings. The topological polar surface area (TPSA) is 16.4 Å². The van der Waals surface area contributed by atoms with E-state index in [1.165, 1.54) is 144 Å². The Kier molecular flexibility index (Phi) is 10.1. The minimum atomic E-state index is -0.335. The minimum absolute atomic E-state index is 0.0111. The van der Waals surface area contributed by atoms with Gasteiger partial charge in [-0.15, -0.1) is 0 Å². The Labute approximate surface area is 494 Å². The smallest absolute Gasteiger partial charge is 0.144 e. The van der Waals surface area contributed by atoms with Crippen molar-refractivity contribution in [1.82, 2.24) is 0 Å². The Morgan fingerprint density at radius 3 is 1.77 bits per heavy atom. The van der Waals surface area contributed by atoms with E-state index in [4.69, 9.17) is 4.42 Å². The molecule has 1 atom stereocenters. The van der Waals surface area contributed by atoms with Crippen LogP contribution in [0.15, 0.2) is 217 Å². The van der Waals surface area contributed by atoms with E-state index in [0.29, 0.717) is 0 Å². The Bertz CT molecular complexity index is 4840. The van der Waals surface area contributed by atoms with Crippen molar-refractivity contribution >= 4 is 39.0 Å². The predicted molar refractivity (Wildman–Crippen MR) is 351 cm³/mol. The van der Waals surface area contributed by atoms with E-state index in [1.807, 2.05) is 0 Å². The van der Waals surface area contributed by atoms with E-state index in [2.05, 4.69) is 280 Å². The van der Waals surface area contributed by atoms with E-state index >= 15 is 0 Å². The summed E-state index contributed by atoms with van der Waals surface area (Å²) in [7, 11) is 0. The maximum Gasteiger partial charge on any atom is 0.144 e. The van der Waals surface area contributed by atoms with Gasteiger partial charge in [-0.3, -0.25) is 0 Å². The molecule has 1 aromatic heterocycles. The molecule has 11 aromatic carbocycles. The van der Waals surface area contributed by atoms with Crippen LogP contribution >= 0.6 is 0 Å². The first kappa shape index (κ1) is 49.6. The first-order chi connectivity index (χ1) is 40.6. The Morgan fingerprint density at radius 1 is 0.429 bits per heavy atom. The molecule has 0 N–H and O–H groups in total. The van der Waals surface area contributed by atoms with Gasteiger partial charge in [0, 0.05) is 55.6 Å². The number of para-hydroxylation sites is 1. The minimum Gasteiger partial charge on any atom is -0.455 e. The van der Waals surface area contributed by atoms with Crippen LogP contribution in [0.2, 0.25) is 0 Å². The van der Waals surface area contributed by atoms with Gasteiger partial charge in [0.2, 0.25) is 0 Å². The summed E-state index contributed by atoms with van der Waals surface area (Å²) in [5.41, 5.74) is 37.4. The van der Waals surface area contributed by atoms with Gasteiger partial charge in [0.1, 0.15) is 11.2 Å². The van der Waals surface area contributed by atoms with Gasteiger partial charge in [-0.05, 0) is 195 Å². The largest absolute Gasteiger partial charge is 0.455 e. The molecule has 0 amide bonds. The molecule has 17 rings (SSSR count). The molecule has 2 heteroatoms. The van der Waals surface area contributed by atoms with Gasteiger partial charge in [-0.25, -0.2) is 0 Å². The van der Waals surface area contributed by atoms with Crippen LogP contribution in [0.3, 0.4) is 0 Å². The van der Waals surface area contributed by atoms with Crippen molar-refractivity contribution in [2.75, 3.05) is 4.90 Å². The van der Waals surface area contributed by atoms with Gasteiger partial charge in [0.05, 0.1) is 0 Å². The number of benzene rings is 11. The first-order valence-corrected chi connectivity index (χ1v) is 30.5. The van der Waals surface area contributed by atoms with Gasteiger partial charge in [-0.2, -0.15) is 0 Å². The summed E-state index contributed by atoms with van der Waals surface area (Å²) in [6, 6.07) is 81.2. The highest BCUT2D eigenvalue weighted by molar-refractivity contribution is 6.21. The summed E-state index contributed by atoms with van der Waals surface area (Å²) < 4.78 is 7.06. The highest BCUT2D eigenvalue weighted by Gasteiger charge is 2.49. The second kappa shape index (κ2) is 17.1. The van der Waals surface area contributed by atoms with Gasteiger partial charge in [0.15, 0.2) is 0 Å². The molecule has 2 nitrogen and oxygen atoms in total. The number of rotatable bonds is 6.